The Balaban J connectivity index is 2.16. The van der Waals surface area contributed by atoms with Crippen molar-refractivity contribution in [3.05, 3.63) is 18.2 Å². The van der Waals surface area contributed by atoms with E-state index in [9.17, 15) is 13.2 Å². The van der Waals surface area contributed by atoms with Crippen molar-refractivity contribution in [1.82, 2.24) is 14.5 Å². The summed E-state index contributed by atoms with van der Waals surface area (Å²) in [6, 6.07) is 4.64. The van der Waals surface area contributed by atoms with Crippen molar-refractivity contribution in [2.75, 3.05) is 53.5 Å². The second-order valence-corrected chi connectivity index (χ2v) is 7.80. The Morgan fingerprint density at radius 3 is 2.50 bits per heavy atom. The van der Waals surface area contributed by atoms with Crippen LogP contribution in [0.4, 0.5) is 0 Å². The highest BCUT2D eigenvalue weighted by atomic mass is 32.2. The fourth-order valence-corrected chi connectivity index (χ4v) is 4.49. The third-order valence-corrected chi connectivity index (χ3v) is 6.38. The molecule has 0 radical (unpaired) electrons. The highest BCUT2D eigenvalue weighted by Crippen LogP contribution is 2.30. The Bertz CT molecular complexity index is 717. The monoisotopic (exact) mass is 385 g/mol. The van der Waals surface area contributed by atoms with E-state index in [1.165, 1.54) is 24.6 Å². The summed E-state index contributed by atoms with van der Waals surface area (Å²) in [5.41, 5.74) is 0. The van der Waals surface area contributed by atoms with Gasteiger partial charge in [-0.05, 0) is 12.1 Å². The van der Waals surface area contributed by atoms with E-state index < -0.39 is 10.0 Å². The van der Waals surface area contributed by atoms with E-state index in [0.29, 0.717) is 18.8 Å². The van der Waals surface area contributed by atoms with Crippen molar-refractivity contribution in [3.63, 3.8) is 0 Å². The molecule has 1 aliphatic heterocycles. The first-order valence-corrected chi connectivity index (χ1v) is 10.1. The predicted molar refractivity (Wildman–Crippen MR) is 98.0 cm³/mol. The van der Waals surface area contributed by atoms with Gasteiger partial charge in [0.1, 0.15) is 16.4 Å². The van der Waals surface area contributed by atoms with Gasteiger partial charge < -0.3 is 19.7 Å². The standard InChI is InChI=1S/C17H27N3O5S/c1-4-20(10-7-17(21)19-11-8-18-9-12-19)26(22,23)16-13-14(24-2)5-6-15(16)25-3/h5-6,13,18H,4,7-12H2,1-3H3. The minimum atomic E-state index is -3.81. The Hall–Kier alpha value is -1.84. The molecule has 0 spiro atoms. The maximum absolute atomic E-state index is 13.1. The van der Waals surface area contributed by atoms with E-state index >= 15 is 0 Å². The summed E-state index contributed by atoms with van der Waals surface area (Å²) in [6.45, 7) is 4.98. The molecule has 0 atom stereocenters. The maximum atomic E-state index is 13.1. The highest BCUT2D eigenvalue weighted by Gasteiger charge is 2.28. The van der Waals surface area contributed by atoms with Crippen LogP contribution in [-0.2, 0) is 14.8 Å². The molecule has 0 aromatic heterocycles. The van der Waals surface area contributed by atoms with Gasteiger partial charge in [-0.2, -0.15) is 4.31 Å². The second-order valence-electron chi connectivity index (χ2n) is 5.89. The molecule has 1 saturated heterocycles. The lowest BCUT2D eigenvalue weighted by molar-refractivity contribution is -0.131. The molecular weight excluding hydrogens is 358 g/mol. The smallest absolute Gasteiger partial charge is 0.246 e. The molecule has 1 N–H and O–H groups in total. The fraction of sp³-hybridized carbons (Fsp3) is 0.588. The number of nitrogens with zero attached hydrogens (tertiary/aromatic N) is 2. The lowest BCUT2D eigenvalue weighted by Crippen LogP contribution is -2.47. The number of rotatable bonds is 8. The SMILES string of the molecule is CCN(CCC(=O)N1CCNCC1)S(=O)(=O)c1cc(OC)ccc1OC. The molecule has 1 heterocycles. The molecule has 0 unspecified atom stereocenters. The molecule has 1 aromatic rings. The number of methoxy groups -OCH3 is 2. The van der Waals surface area contributed by atoms with Crippen molar-refractivity contribution >= 4 is 15.9 Å². The van der Waals surface area contributed by atoms with Crippen LogP contribution in [-0.4, -0.2) is 77.0 Å². The Labute approximate surface area is 155 Å². The van der Waals surface area contributed by atoms with Gasteiger partial charge in [-0.3, -0.25) is 4.79 Å². The molecule has 0 bridgehead atoms. The zero-order valence-corrected chi connectivity index (χ0v) is 16.3. The molecule has 1 amide bonds. The van der Waals surface area contributed by atoms with Gasteiger partial charge in [0, 0.05) is 51.8 Å². The maximum Gasteiger partial charge on any atom is 0.246 e. The van der Waals surface area contributed by atoms with Gasteiger partial charge in [0.15, 0.2) is 0 Å². The van der Waals surface area contributed by atoms with E-state index in [0.717, 1.165) is 13.1 Å². The summed E-state index contributed by atoms with van der Waals surface area (Å²) < 4.78 is 37.7. The number of sulfonamides is 1. The molecule has 0 aliphatic carbocycles. The Kier molecular flexibility index (Phi) is 7.24. The third kappa shape index (κ3) is 4.66. The second kappa shape index (κ2) is 9.20. The molecule has 9 heteroatoms. The number of carbonyl (C=O) groups excluding carboxylic acids is 1. The first kappa shape index (κ1) is 20.5. The fourth-order valence-electron chi connectivity index (χ4n) is 2.87. The number of carbonyl (C=O) groups is 1. The molecule has 146 valence electrons. The molecule has 26 heavy (non-hydrogen) atoms. The van der Waals surface area contributed by atoms with Crippen molar-refractivity contribution in [1.29, 1.82) is 0 Å². The van der Waals surface area contributed by atoms with Crippen LogP contribution in [0, 0.1) is 0 Å². The van der Waals surface area contributed by atoms with Gasteiger partial charge in [0.05, 0.1) is 14.2 Å². The van der Waals surface area contributed by atoms with Crippen molar-refractivity contribution in [2.45, 2.75) is 18.2 Å². The van der Waals surface area contributed by atoms with E-state index in [1.54, 1.807) is 24.0 Å². The van der Waals surface area contributed by atoms with Crippen molar-refractivity contribution in [2.24, 2.45) is 0 Å². The lowest BCUT2D eigenvalue weighted by Gasteiger charge is -2.28. The molecule has 0 saturated carbocycles. The molecule has 8 nitrogen and oxygen atoms in total. The third-order valence-electron chi connectivity index (χ3n) is 4.39. The minimum Gasteiger partial charge on any atom is -0.497 e. The molecule has 1 aliphatic rings. The van der Waals surface area contributed by atoms with Crippen LogP contribution in [0.3, 0.4) is 0 Å². The first-order chi connectivity index (χ1) is 12.4. The molecular formula is C17H27N3O5S. The van der Waals surface area contributed by atoms with Crippen molar-refractivity contribution < 1.29 is 22.7 Å². The van der Waals surface area contributed by atoms with Gasteiger partial charge >= 0.3 is 0 Å². The topological polar surface area (TPSA) is 88.2 Å². The van der Waals surface area contributed by atoms with E-state index in [-0.39, 0.29) is 36.1 Å². The molecule has 2 rings (SSSR count). The normalized spacial score (nSPS) is 15.2. The van der Waals surface area contributed by atoms with Crippen LogP contribution < -0.4 is 14.8 Å². The molecule has 1 aromatic carbocycles. The van der Waals surface area contributed by atoms with E-state index in [1.807, 2.05) is 0 Å². The van der Waals surface area contributed by atoms with Crippen LogP contribution in [0.25, 0.3) is 0 Å². The highest BCUT2D eigenvalue weighted by molar-refractivity contribution is 7.89. The van der Waals surface area contributed by atoms with Crippen LogP contribution >= 0.6 is 0 Å². The average molecular weight is 385 g/mol. The summed E-state index contributed by atoms with van der Waals surface area (Å²) in [5.74, 6) is 0.646. The van der Waals surface area contributed by atoms with Crippen LogP contribution in [0.1, 0.15) is 13.3 Å². The summed E-state index contributed by atoms with van der Waals surface area (Å²) in [5, 5.41) is 3.19. The van der Waals surface area contributed by atoms with Crippen LogP contribution in [0.5, 0.6) is 11.5 Å². The number of piperazine rings is 1. The number of hydrogen-bond acceptors (Lipinski definition) is 6. The molecule has 1 fully saturated rings. The number of ether oxygens (including phenoxy) is 2. The summed E-state index contributed by atoms with van der Waals surface area (Å²) in [4.78, 5) is 14.1. The first-order valence-electron chi connectivity index (χ1n) is 8.64. The average Bonchev–Trinajstić information content (AvgIpc) is 2.68. The lowest BCUT2D eigenvalue weighted by atomic mass is 10.3. The van der Waals surface area contributed by atoms with Crippen molar-refractivity contribution in [3.8, 4) is 11.5 Å². The number of amides is 1. The Morgan fingerprint density at radius 2 is 1.92 bits per heavy atom. The number of hydrogen-bond donors (Lipinski definition) is 1. The summed E-state index contributed by atoms with van der Waals surface area (Å²) >= 11 is 0. The summed E-state index contributed by atoms with van der Waals surface area (Å²) in [6.07, 6.45) is 0.152. The van der Waals surface area contributed by atoms with E-state index in [4.69, 9.17) is 9.47 Å². The quantitative estimate of drug-likeness (QED) is 0.703. The van der Waals surface area contributed by atoms with Gasteiger partial charge in [0.25, 0.3) is 0 Å². The predicted octanol–water partition coefficient (Wildman–Crippen LogP) is 0.536. The zero-order chi connectivity index (χ0) is 19.2. The minimum absolute atomic E-state index is 0.0299. The summed E-state index contributed by atoms with van der Waals surface area (Å²) in [7, 11) is -0.912. The van der Waals surface area contributed by atoms with Crippen LogP contribution in [0.15, 0.2) is 23.1 Å². The van der Waals surface area contributed by atoms with Gasteiger partial charge in [-0.25, -0.2) is 8.42 Å². The Morgan fingerprint density at radius 1 is 1.23 bits per heavy atom. The zero-order valence-electron chi connectivity index (χ0n) is 15.5. The largest absolute Gasteiger partial charge is 0.497 e. The van der Waals surface area contributed by atoms with Gasteiger partial charge in [-0.1, -0.05) is 6.92 Å². The van der Waals surface area contributed by atoms with Gasteiger partial charge in [0.2, 0.25) is 15.9 Å². The number of benzene rings is 1. The van der Waals surface area contributed by atoms with Gasteiger partial charge in [-0.15, -0.1) is 0 Å². The van der Waals surface area contributed by atoms with Crippen LogP contribution in [0.2, 0.25) is 0 Å². The number of nitrogens with one attached hydrogen (secondary N) is 1. The van der Waals surface area contributed by atoms with E-state index in [2.05, 4.69) is 5.32 Å².